The number of halogens is 2. The van der Waals surface area contributed by atoms with Crippen molar-refractivity contribution in [3.8, 4) is 11.3 Å². The SMILES string of the molecule is C[C@H]1[C@H](NC(=O)c2ccc(-c3cc(Cl)cc(Cl)c3)n2C)C2CCN1CC2. The van der Waals surface area contributed by atoms with Crippen molar-refractivity contribution in [1.82, 2.24) is 14.8 Å². The van der Waals surface area contributed by atoms with Gasteiger partial charge in [-0.2, -0.15) is 0 Å². The summed E-state index contributed by atoms with van der Waals surface area (Å²) in [6, 6.07) is 9.86. The number of nitrogens with one attached hydrogen (secondary N) is 1. The lowest BCUT2D eigenvalue weighted by Crippen LogP contribution is -2.62. The number of nitrogens with zero attached hydrogens (tertiary/aromatic N) is 2. The van der Waals surface area contributed by atoms with Gasteiger partial charge in [0, 0.05) is 40.4 Å². The first-order valence-electron chi connectivity index (χ1n) is 9.11. The van der Waals surface area contributed by atoms with Crippen molar-refractivity contribution in [2.45, 2.75) is 31.8 Å². The molecule has 0 radical (unpaired) electrons. The van der Waals surface area contributed by atoms with E-state index in [0.717, 1.165) is 24.3 Å². The Hall–Kier alpha value is -1.49. The summed E-state index contributed by atoms with van der Waals surface area (Å²) in [7, 11) is 1.90. The van der Waals surface area contributed by atoms with Crippen LogP contribution in [0.2, 0.25) is 10.0 Å². The van der Waals surface area contributed by atoms with Crippen molar-refractivity contribution in [2.75, 3.05) is 13.1 Å². The van der Waals surface area contributed by atoms with Crippen molar-refractivity contribution in [1.29, 1.82) is 0 Å². The number of piperidine rings is 3. The molecular formula is C20H23Cl2N3O. The van der Waals surface area contributed by atoms with E-state index in [1.165, 1.54) is 12.8 Å². The molecule has 6 heteroatoms. The summed E-state index contributed by atoms with van der Waals surface area (Å²) in [6.07, 6.45) is 2.35. The molecule has 4 nitrogen and oxygen atoms in total. The third-order valence-electron chi connectivity index (χ3n) is 5.99. The summed E-state index contributed by atoms with van der Waals surface area (Å²) in [5.41, 5.74) is 2.47. The van der Waals surface area contributed by atoms with Crippen LogP contribution in [0.3, 0.4) is 0 Å². The van der Waals surface area contributed by atoms with E-state index >= 15 is 0 Å². The molecule has 0 spiro atoms. The number of aromatic nitrogens is 1. The van der Waals surface area contributed by atoms with Crippen LogP contribution >= 0.6 is 23.2 Å². The zero-order chi connectivity index (χ0) is 18.4. The molecule has 3 aliphatic heterocycles. The summed E-state index contributed by atoms with van der Waals surface area (Å²) >= 11 is 12.3. The highest BCUT2D eigenvalue weighted by molar-refractivity contribution is 6.35. The van der Waals surface area contributed by atoms with E-state index < -0.39 is 0 Å². The summed E-state index contributed by atoms with van der Waals surface area (Å²) in [5, 5.41) is 4.46. The fraction of sp³-hybridized carbons (Fsp3) is 0.450. The fourth-order valence-corrected chi connectivity index (χ4v) is 5.03. The number of carbonyl (C=O) groups excluding carboxylic acids is 1. The monoisotopic (exact) mass is 391 g/mol. The lowest BCUT2D eigenvalue weighted by molar-refractivity contribution is 0.0215. The molecule has 1 N–H and O–H groups in total. The third-order valence-corrected chi connectivity index (χ3v) is 6.42. The van der Waals surface area contributed by atoms with Gasteiger partial charge in [0.25, 0.3) is 5.91 Å². The van der Waals surface area contributed by atoms with Crippen molar-refractivity contribution in [3.05, 3.63) is 46.1 Å². The molecule has 2 atom stereocenters. The number of hydrogen-bond donors (Lipinski definition) is 1. The van der Waals surface area contributed by atoms with Crippen LogP contribution in [0.15, 0.2) is 30.3 Å². The Morgan fingerprint density at radius 2 is 1.77 bits per heavy atom. The van der Waals surface area contributed by atoms with Crippen LogP contribution in [0.1, 0.15) is 30.3 Å². The Labute approximate surface area is 164 Å². The van der Waals surface area contributed by atoms with Gasteiger partial charge in [-0.3, -0.25) is 9.69 Å². The Balaban J connectivity index is 1.57. The largest absolute Gasteiger partial charge is 0.346 e. The molecule has 26 heavy (non-hydrogen) atoms. The lowest BCUT2D eigenvalue weighted by atomic mass is 9.79. The third kappa shape index (κ3) is 3.15. The standard InChI is InChI=1S/C20H23Cl2N3O/c1-12-19(13-5-7-25(12)8-6-13)23-20(26)18-4-3-17(24(18)2)14-9-15(21)11-16(22)10-14/h3-4,9-13,19H,5-8H2,1-2H3,(H,23,26)/t12-,19-/m0/s1. The quantitative estimate of drug-likeness (QED) is 0.850. The van der Waals surface area contributed by atoms with E-state index in [2.05, 4.69) is 17.1 Å². The highest BCUT2D eigenvalue weighted by Gasteiger charge is 2.40. The Kier molecular flexibility index (Phi) is 4.76. The number of hydrogen-bond acceptors (Lipinski definition) is 2. The normalized spacial score (nSPS) is 27.5. The van der Waals surface area contributed by atoms with E-state index in [0.29, 0.717) is 27.7 Å². The molecular weight excluding hydrogens is 369 g/mol. The summed E-state index contributed by atoms with van der Waals surface area (Å²) in [5.74, 6) is 0.572. The minimum Gasteiger partial charge on any atom is -0.346 e. The van der Waals surface area contributed by atoms with Crippen LogP contribution in [0.25, 0.3) is 11.3 Å². The average molecular weight is 392 g/mol. The molecule has 1 aromatic carbocycles. The van der Waals surface area contributed by atoms with Gasteiger partial charge in [0.2, 0.25) is 0 Å². The summed E-state index contributed by atoms with van der Waals surface area (Å²) < 4.78 is 1.91. The maximum atomic E-state index is 12.9. The fourth-order valence-electron chi connectivity index (χ4n) is 4.50. The summed E-state index contributed by atoms with van der Waals surface area (Å²) in [6.45, 7) is 4.53. The van der Waals surface area contributed by atoms with Gasteiger partial charge >= 0.3 is 0 Å². The molecule has 1 amide bonds. The second-order valence-corrected chi connectivity index (χ2v) is 8.31. The topological polar surface area (TPSA) is 37.3 Å². The molecule has 0 aliphatic carbocycles. The first-order chi connectivity index (χ1) is 12.4. The minimum atomic E-state index is -0.0162. The molecule has 4 heterocycles. The van der Waals surface area contributed by atoms with Crippen LogP contribution in [-0.2, 0) is 7.05 Å². The Morgan fingerprint density at radius 1 is 1.12 bits per heavy atom. The van der Waals surface area contributed by atoms with Gasteiger partial charge in [-0.05, 0) is 69.1 Å². The number of carbonyl (C=O) groups is 1. The van der Waals surface area contributed by atoms with Gasteiger partial charge in [0.15, 0.2) is 0 Å². The van der Waals surface area contributed by atoms with Gasteiger partial charge in [-0.1, -0.05) is 23.2 Å². The number of benzene rings is 1. The first kappa shape index (κ1) is 17.9. The van der Waals surface area contributed by atoms with Gasteiger partial charge in [0.1, 0.15) is 5.69 Å². The Bertz CT molecular complexity index is 817. The van der Waals surface area contributed by atoms with Crippen LogP contribution in [0.5, 0.6) is 0 Å². The molecule has 3 aliphatic rings. The molecule has 0 unspecified atom stereocenters. The van der Waals surface area contributed by atoms with E-state index in [1.807, 2.05) is 35.9 Å². The minimum absolute atomic E-state index is 0.0162. The average Bonchev–Trinajstić information content (AvgIpc) is 2.99. The predicted molar refractivity (Wildman–Crippen MR) is 106 cm³/mol. The molecule has 138 valence electrons. The highest BCUT2D eigenvalue weighted by Crippen LogP contribution is 2.33. The van der Waals surface area contributed by atoms with Crippen LogP contribution < -0.4 is 5.32 Å². The van der Waals surface area contributed by atoms with E-state index in [-0.39, 0.29) is 11.9 Å². The smallest absolute Gasteiger partial charge is 0.268 e. The molecule has 2 bridgehead atoms. The van der Waals surface area contributed by atoms with E-state index in [4.69, 9.17) is 23.2 Å². The maximum Gasteiger partial charge on any atom is 0.268 e. The van der Waals surface area contributed by atoms with Crippen LogP contribution in [0.4, 0.5) is 0 Å². The van der Waals surface area contributed by atoms with Crippen molar-refractivity contribution in [3.63, 3.8) is 0 Å². The number of fused-ring (bicyclic) bond motifs is 3. The van der Waals surface area contributed by atoms with Crippen molar-refractivity contribution >= 4 is 29.1 Å². The lowest BCUT2D eigenvalue weighted by Gasteiger charge is -2.49. The van der Waals surface area contributed by atoms with Gasteiger partial charge in [-0.15, -0.1) is 0 Å². The van der Waals surface area contributed by atoms with Crippen LogP contribution in [0, 0.1) is 5.92 Å². The van der Waals surface area contributed by atoms with Gasteiger partial charge in [-0.25, -0.2) is 0 Å². The summed E-state index contributed by atoms with van der Waals surface area (Å²) in [4.78, 5) is 15.4. The molecule has 0 saturated carbocycles. The number of rotatable bonds is 3. The second-order valence-electron chi connectivity index (χ2n) is 7.43. The maximum absolute atomic E-state index is 12.9. The molecule has 2 aromatic rings. The zero-order valence-electron chi connectivity index (χ0n) is 15.0. The van der Waals surface area contributed by atoms with Crippen molar-refractivity contribution < 1.29 is 4.79 Å². The van der Waals surface area contributed by atoms with E-state index in [1.54, 1.807) is 6.07 Å². The molecule has 1 aromatic heterocycles. The van der Waals surface area contributed by atoms with Crippen molar-refractivity contribution in [2.24, 2.45) is 13.0 Å². The first-order valence-corrected chi connectivity index (χ1v) is 9.87. The van der Waals surface area contributed by atoms with Gasteiger partial charge in [0.05, 0.1) is 0 Å². The highest BCUT2D eigenvalue weighted by atomic mass is 35.5. The predicted octanol–water partition coefficient (Wildman–Crippen LogP) is 4.21. The van der Waals surface area contributed by atoms with Crippen LogP contribution in [-0.4, -0.2) is 40.5 Å². The second kappa shape index (κ2) is 6.91. The van der Waals surface area contributed by atoms with Gasteiger partial charge < -0.3 is 9.88 Å². The molecule has 5 rings (SSSR count). The Morgan fingerprint density at radius 3 is 2.38 bits per heavy atom. The van der Waals surface area contributed by atoms with E-state index in [9.17, 15) is 4.79 Å². The molecule has 3 fully saturated rings. The molecule has 3 saturated heterocycles. The number of amides is 1. The zero-order valence-corrected chi connectivity index (χ0v) is 16.5.